The Morgan fingerprint density at radius 3 is 0.703 bits per heavy atom. The number of hydrogen-bond acceptors (Lipinski definition) is 15. The van der Waals surface area contributed by atoms with Crippen molar-refractivity contribution in [3.8, 4) is 0 Å². The zero-order chi connectivity index (χ0) is 74.6. The van der Waals surface area contributed by atoms with Gasteiger partial charge in [-0.25, -0.2) is 9.13 Å². The first kappa shape index (κ1) is 99.1. The lowest BCUT2D eigenvalue weighted by molar-refractivity contribution is -0.161. The highest BCUT2D eigenvalue weighted by atomic mass is 31.2. The van der Waals surface area contributed by atoms with Gasteiger partial charge in [0.1, 0.15) is 19.3 Å². The van der Waals surface area contributed by atoms with Gasteiger partial charge in [-0.3, -0.25) is 37.3 Å². The minimum atomic E-state index is -4.96. The third kappa shape index (κ3) is 73.4. The first-order valence-electron chi connectivity index (χ1n) is 42.3. The molecule has 0 aromatic heterocycles. The molecule has 0 saturated heterocycles. The maximum Gasteiger partial charge on any atom is 0.472 e. The molecule has 0 aliphatic carbocycles. The van der Waals surface area contributed by atoms with Gasteiger partial charge in [0.15, 0.2) is 12.2 Å². The summed E-state index contributed by atoms with van der Waals surface area (Å²) in [6.07, 6.45) is 58.2. The second-order valence-electron chi connectivity index (χ2n) is 31.0. The Bertz CT molecular complexity index is 1980. The van der Waals surface area contributed by atoms with Crippen molar-refractivity contribution in [2.24, 2.45) is 23.7 Å². The highest BCUT2D eigenvalue weighted by Gasteiger charge is 2.30. The summed E-state index contributed by atoms with van der Waals surface area (Å²) in [4.78, 5) is 73.1. The van der Waals surface area contributed by atoms with Crippen molar-refractivity contribution >= 4 is 39.5 Å². The van der Waals surface area contributed by atoms with E-state index < -0.39 is 97.5 Å². The van der Waals surface area contributed by atoms with Crippen molar-refractivity contribution in [3.63, 3.8) is 0 Å². The Morgan fingerprint density at radius 2 is 0.475 bits per heavy atom. The summed E-state index contributed by atoms with van der Waals surface area (Å²) in [6.45, 7) is 14.3. The molecule has 0 aromatic rings. The number of aliphatic hydroxyl groups excluding tert-OH is 1. The van der Waals surface area contributed by atoms with Crippen LogP contribution < -0.4 is 0 Å². The molecule has 0 fully saturated rings. The summed E-state index contributed by atoms with van der Waals surface area (Å²) in [6, 6.07) is 0. The van der Waals surface area contributed by atoms with Gasteiger partial charge in [-0.15, -0.1) is 0 Å². The molecule has 0 bridgehead atoms. The Labute approximate surface area is 619 Å². The highest BCUT2D eigenvalue weighted by molar-refractivity contribution is 7.47. The van der Waals surface area contributed by atoms with Crippen LogP contribution in [0, 0.1) is 23.7 Å². The van der Waals surface area contributed by atoms with Crippen LogP contribution in [0.5, 0.6) is 0 Å². The Morgan fingerprint density at radius 1 is 0.277 bits per heavy atom. The first-order valence-corrected chi connectivity index (χ1v) is 45.3. The van der Waals surface area contributed by atoms with Crippen LogP contribution in [0.15, 0.2) is 0 Å². The molecule has 0 spiro atoms. The SMILES string of the molecule is CCC(C)CCCCCCCCCCCCCCCCC(=O)OC[C@H](COP(=O)(O)OC[C@@H](O)COP(=O)(O)OC[C@@H](COC(=O)CCCCCCCCC(C)CC)OC(=O)CCCCCCCCCCCCCCCCCC(C)C)OC(=O)CCCCCCCCCCCCCCC(C)C. The lowest BCUT2D eigenvalue weighted by atomic mass is 9.99. The van der Waals surface area contributed by atoms with Crippen LogP contribution in [0.3, 0.4) is 0 Å². The maximum atomic E-state index is 13.1. The van der Waals surface area contributed by atoms with E-state index in [0.29, 0.717) is 25.7 Å². The number of aliphatic hydroxyl groups is 1. The van der Waals surface area contributed by atoms with Crippen LogP contribution in [-0.4, -0.2) is 96.7 Å². The summed E-state index contributed by atoms with van der Waals surface area (Å²) in [5, 5.41) is 10.6. The van der Waals surface area contributed by atoms with E-state index in [2.05, 4.69) is 55.4 Å². The van der Waals surface area contributed by atoms with E-state index in [9.17, 15) is 43.2 Å². The highest BCUT2D eigenvalue weighted by Crippen LogP contribution is 2.45. The normalized spacial score (nSPS) is 14.5. The van der Waals surface area contributed by atoms with Gasteiger partial charge in [0.25, 0.3) is 0 Å². The third-order valence-electron chi connectivity index (χ3n) is 19.8. The van der Waals surface area contributed by atoms with Gasteiger partial charge < -0.3 is 33.8 Å². The quantitative estimate of drug-likeness (QED) is 0.0222. The largest absolute Gasteiger partial charge is 0.472 e. The average Bonchev–Trinajstić information content (AvgIpc) is 1.06. The summed E-state index contributed by atoms with van der Waals surface area (Å²) >= 11 is 0. The Hall–Kier alpha value is -1.94. The smallest absolute Gasteiger partial charge is 0.462 e. The molecule has 3 N–H and O–H groups in total. The molecule has 0 heterocycles. The van der Waals surface area contributed by atoms with Crippen molar-refractivity contribution in [1.82, 2.24) is 0 Å². The Balaban J connectivity index is 5.24. The van der Waals surface area contributed by atoms with Crippen molar-refractivity contribution in [1.29, 1.82) is 0 Å². The van der Waals surface area contributed by atoms with Crippen molar-refractivity contribution in [2.45, 2.75) is 440 Å². The molecule has 0 rings (SSSR count). The molecule has 0 radical (unpaired) electrons. The van der Waals surface area contributed by atoms with Gasteiger partial charge in [0, 0.05) is 25.7 Å². The molecule has 17 nitrogen and oxygen atoms in total. The second-order valence-corrected chi connectivity index (χ2v) is 33.9. The van der Waals surface area contributed by atoms with Gasteiger partial charge in [-0.1, -0.05) is 370 Å². The molecule has 0 aliphatic rings. The lowest BCUT2D eigenvalue weighted by Crippen LogP contribution is -2.30. The predicted octanol–water partition coefficient (Wildman–Crippen LogP) is 24.4. The second kappa shape index (κ2) is 71.0. The van der Waals surface area contributed by atoms with Crippen LogP contribution in [-0.2, 0) is 65.4 Å². The third-order valence-corrected chi connectivity index (χ3v) is 21.7. The fraction of sp³-hybridized carbons (Fsp3) is 0.951. The molecule has 0 saturated carbocycles. The predicted molar refractivity (Wildman–Crippen MR) is 414 cm³/mol. The van der Waals surface area contributed by atoms with Crippen LogP contribution in [0.25, 0.3) is 0 Å². The van der Waals surface area contributed by atoms with E-state index in [-0.39, 0.29) is 25.7 Å². The molecule has 19 heteroatoms. The molecule has 0 amide bonds. The van der Waals surface area contributed by atoms with Gasteiger partial charge >= 0.3 is 39.5 Å². The summed E-state index contributed by atoms with van der Waals surface area (Å²) in [5.41, 5.74) is 0. The minimum Gasteiger partial charge on any atom is -0.462 e. The van der Waals surface area contributed by atoms with Gasteiger partial charge in [0.05, 0.1) is 26.4 Å². The fourth-order valence-electron chi connectivity index (χ4n) is 12.5. The van der Waals surface area contributed by atoms with Crippen LogP contribution in [0.4, 0.5) is 0 Å². The van der Waals surface area contributed by atoms with E-state index in [1.807, 2.05) is 0 Å². The number of carbonyl (C=O) groups is 4. The summed E-state index contributed by atoms with van der Waals surface area (Å²) in [7, 11) is -9.92. The van der Waals surface area contributed by atoms with E-state index in [4.69, 9.17) is 37.0 Å². The number of phosphoric acid groups is 2. The maximum absolute atomic E-state index is 13.1. The van der Waals surface area contributed by atoms with E-state index in [0.717, 1.165) is 120 Å². The van der Waals surface area contributed by atoms with Gasteiger partial charge in [-0.05, 0) is 49.4 Å². The number of unbranched alkanes of at least 4 members (excludes halogenated alkanes) is 43. The number of esters is 4. The number of carbonyl (C=O) groups excluding carboxylic acids is 4. The van der Waals surface area contributed by atoms with Gasteiger partial charge in [0.2, 0.25) is 0 Å². The average molecular weight is 1480 g/mol. The molecule has 600 valence electrons. The van der Waals surface area contributed by atoms with Crippen LogP contribution >= 0.6 is 15.6 Å². The monoisotopic (exact) mass is 1480 g/mol. The number of rotatable bonds is 79. The molecule has 4 unspecified atom stereocenters. The van der Waals surface area contributed by atoms with Crippen molar-refractivity contribution < 1.29 is 80.2 Å². The van der Waals surface area contributed by atoms with E-state index >= 15 is 0 Å². The molecular formula is C82H160O17P2. The number of phosphoric ester groups is 2. The van der Waals surface area contributed by atoms with Gasteiger partial charge in [-0.2, -0.15) is 0 Å². The Kier molecular flexibility index (Phi) is 69.6. The van der Waals surface area contributed by atoms with E-state index in [1.165, 1.54) is 218 Å². The topological polar surface area (TPSA) is 237 Å². The van der Waals surface area contributed by atoms with Crippen molar-refractivity contribution in [2.75, 3.05) is 39.6 Å². The fourth-order valence-corrected chi connectivity index (χ4v) is 14.1. The number of ether oxygens (including phenoxy) is 4. The first-order chi connectivity index (χ1) is 48.7. The molecule has 0 aliphatic heterocycles. The zero-order valence-electron chi connectivity index (χ0n) is 66.5. The molecule has 101 heavy (non-hydrogen) atoms. The number of hydrogen-bond donors (Lipinski definition) is 3. The van der Waals surface area contributed by atoms with Crippen LogP contribution in [0.2, 0.25) is 0 Å². The zero-order valence-corrected chi connectivity index (χ0v) is 68.3. The molecule has 7 atom stereocenters. The molecular weight excluding hydrogens is 1320 g/mol. The summed E-state index contributed by atoms with van der Waals surface area (Å²) in [5.74, 6) is 1.05. The minimum absolute atomic E-state index is 0.107. The molecule has 0 aromatic carbocycles. The van der Waals surface area contributed by atoms with Crippen LogP contribution in [0.1, 0.15) is 421 Å². The van der Waals surface area contributed by atoms with Crippen molar-refractivity contribution in [3.05, 3.63) is 0 Å². The standard InChI is InChI=1S/C82H160O17P2/c1-9-74(7)60-52-44-36-30-24-17-14-15-18-25-31-37-46-54-62-79(84)92-68-77(98-81(86)65-57-49-39-33-27-21-20-23-29-35-43-51-59-73(5)6)70-96-100(88,89)94-66-76(83)67-95-101(90,91)97-71-78(69-93-80(85)63-55-47-41-40-45-53-61-75(8)10-2)99-82(87)64-56-48-38-32-26-19-13-11-12-16-22-28-34-42-50-58-72(3)4/h72-78,83H,9-71H2,1-8H3,(H,88,89)(H,90,91)/t74?,75?,76-,77-,78-/m1/s1. The summed E-state index contributed by atoms with van der Waals surface area (Å²) < 4.78 is 68.8. The lowest BCUT2D eigenvalue weighted by Gasteiger charge is -2.21. The van der Waals surface area contributed by atoms with E-state index in [1.54, 1.807) is 0 Å².